The number of carbonyl (C=O) groups excluding carboxylic acids is 1. The van der Waals surface area contributed by atoms with Crippen molar-refractivity contribution in [2.45, 2.75) is 4.90 Å². The lowest BCUT2D eigenvalue weighted by atomic mass is 10.1. The SMILES string of the molecule is N#Cc1cccc2c1S(=O)(=O)NC2=O. The first-order valence-corrected chi connectivity index (χ1v) is 5.15. The zero-order chi connectivity index (χ0) is 10.3. The van der Waals surface area contributed by atoms with Gasteiger partial charge >= 0.3 is 0 Å². The normalized spacial score (nSPS) is 16.9. The molecule has 0 saturated heterocycles. The summed E-state index contributed by atoms with van der Waals surface area (Å²) in [6.45, 7) is 0. The third-order valence-electron chi connectivity index (χ3n) is 1.88. The van der Waals surface area contributed by atoms with Gasteiger partial charge < -0.3 is 0 Å². The first-order valence-electron chi connectivity index (χ1n) is 3.66. The Kier molecular flexibility index (Phi) is 1.59. The Morgan fingerprint density at radius 1 is 1.36 bits per heavy atom. The molecule has 0 saturated carbocycles. The van der Waals surface area contributed by atoms with Gasteiger partial charge in [0.1, 0.15) is 11.0 Å². The maximum Gasteiger partial charge on any atom is 0.266 e. The number of hydrogen-bond acceptors (Lipinski definition) is 4. The summed E-state index contributed by atoms with van der Waals surface area (Å²) in [5, 5.41) is 8.67. The molecule has 6 heteroatoms. The van der Waals surface area contributed by atoms with E-state index in [4.69, 9.17) is 5.26 Å². The lowest BCUT2D eigenvalue weighted by Crippen LogP contribution is -2.21. The maximum atomic E-state index is 11.4. The van der Waals surface area contributed by atoms with Gasteiger partial charge in [-0.15, -0.1) is 0 Å². The van der Waals surface area contributed by atoms with E-state index in [-0.39, 0.29) is 16.0 Å². The molecule has 14 heavy (non-hydrogen) atoms. The van der Waals surface area contributed by atoms with E-state index in [0.29, 0.717) is 0 Å². The number of carbonyl (C=O) groups is 1. The molecule has 0 atom stereocenters. The van der Waals surface area contributed by atoms with Crippen molar-refractivity contribution in [3.8, 4) is 6.07 Å². The van der Waals surface area contributed by atoms with Crippen molar-refractivity contribution in [3.63, 3.8) is 0 Å². The van der Waals surface area contributed by atoms with Gasteiger partial charge in [-0.25, -0.2) is 13.1 Å². The summed E-state index contributed by atoms with van der Waals surface area (Å²) in [6.07, 6.45) is 0. The number of fused-ring (bicyclic) bond motifs is 1. The minimum atomic E-state index is -3.82. The molecular formula is C8H4N2O3S. The summed E-state index contributed by atoms with van der Waals surface area (Å²) in [5.74, 6) is -0.683. The van der Waals surface area contributed by atoms with Crippen LogP contribution in [0.3, 0.4) is 0 Å². The standard InChI is InChI=1S/C8H4N2O3S/c9-4-5-2-1-3-6-7(5)14(12,13)10-8(6)11/h1-3H,(H,10,11). The molecule has 1 N–H and O–H groups in total. The lowest BCUT2D eigenvalue weighted by molar-refractivity contribution is 0.0985. The van der Waals surface area contributed by atoms with Crippen LogP contribution in [0.2, 0.25) is 0 Å². The average Bonchev–Trinajstić information content (AvgIpc) is 2.38. The molecule has 70 valence electrons. The molecule has 0 aliphatic carbocycles. The Morgan fingerprint density at radius 3 is 2.71 bits per heavy atom. The van der Waals surface area contributed by atoms with Gasteiger partial charge in [0.15, 0.2) is 0 Å². The summed E-state index contributed by atoms with van der Waals surface area (Å²) in [6, 6.07) is 5.93. The van der Waals surface area contributed by atoms with Gasteiger partial charge in [0.25, 0.3) is 15.9 Å². The molecular weight excluding hydrogens is 204 g/mol. The van der Waals surface area contributed by atoms with Crippen LogP contribution in [0.1, 0.15) is 15.9 Å². The highest BCUT2D eigenvalue weighted by Crippen LogP contribution is 2.25. The molecule has 0 bridgehead atoms. The first kappa shape index (κ1) is 8.72. The Morgan fingerprint density at radius 2 is 2.07 bits per heavy atom. The predicted molar refractivity (Wildman–Crippen MR) is 45.8 cm³/mol. The number of sulfonamides is 1. The number of nitrogens with zero attached hydrogens (tertiary/aromatic N) is 1. The Bertz CT molecular complexity index is 569. The Balaban J connectivity index is 2.91. The fourth-order valence-corrected chi connectivity index (χ4v) is 2.63. The second-order valence-electron chi connectivity index (χ2n) is 2.73. The van der Waals surface area contributed by atoms with Crippen molar-refractivity contribution >= 4 is 15.9 Å². The van der Waals surface area contributed by atoms with E-state index in [1.165, 1.54) is 18.2 Å². The van der Waals surface area contributed by atoms with E-state index >= 15 is 0 Å². The topological polar surface area (TPSA) is 87.0 Å². The van der Waals surface area contributed by atoms with Gasteiger partial charge in [-0.1, -0.05) is 6.07 Å². The molecule has 1 heterocycles. The highest BCUT2D eigenvalue weighted by atomic mass is 32.2. The molecule has 1 amide bonds. The predicted octanol–water partition coefficient (Wildman–Crippen LogP) is -0.00962. The lowest BCUT2D eigenvalue weighted by Gasteiger charge is -1.96. The van der Waals surface area contributed by atoms with Crippen molar-refractivity contribution < 1.29 is 13.2 Å². The van der Waals surface area contributed by atoms with E-state index in [9.17, 15) is 13.2 Å². The average molecular weight is 208 g/mol. The van der Waals surface area contributed by atoms with Crippen LogP contribution in [0.5, 0.6) is 0 Å². The quantitative estimate of drug-likeness (QED) is 0.649. The van der Waals surface area contributed by atoms with Crippen LogP contribution < -0.4 is 4.72 Å². The van der Waals surface area contributed by atoms with E-state index in [1.54, 1.807) is 6.07 Å². The highest BCUT2D eigenvalue weighted by Gasteiger charge is 2.34. The van der Waals surface area contributed by atoms with Crippen LogP contribution in [0.4, 0.5) is 0 Å². The van der Waals surface area contributed by atoms with E-state index < -0.39 is 15.9 Å². The van der Waals surface area contributed by atoms with Gasteiger partial charge in [-0.2, -0.15) is 5.26 Å². The maximum absolute atomic E-state index is 11.4. The molecule has 1 aliphatic rings. The molecule has 2 rings (SSSR count). The third kappa shape index (κ3) is 0.995. The number of nitrogens with one attached hydrogen (secondary N) is 1. The molecule has 0 aromatic heterocycles. The van der Waals surface area contributed by atoms with Crippen molar-refractivity contribution in [1.82, 2.24) is 4.72 Å². The minimum Gasteiger partial charge on any atom is -0.268 e. The van der Waals surface area contributed by atoms with E-state index in [2.05, 4.69) is 0 Å². The Labute approximate surface area is 80.0 Å². The van der Waals surface area contributed by atoms with Crippen LogP contribution in [0, 0.1) is 11.3 Å². The third-order valence-corrected chi connectivity index (χ3v) is 3.31. The minimum absolute atomic E-state index is 0.0131. The van der Waals surface area contributed by atoms with Crippen LogP contribution in [-0.2, 0) is 10.0 Å². The highest BCUT2D eigenvalue weighted by molar-refractivity contribution is 7.90. The van der Waals surface area contributed by atoms with Gasteiger partial charge in [-0.05, 0) is 12.1 Å². The number of amides is 1. The number of nitriles is 1. The fraction of sp³-hybridized carbons (Fsp3) is 0. The van der Waals surface area contributed by atoms with Crippen LogP contribution in [-0.4, -0.2) is 14.3 Å². The zero-order valence-corrected chi connectivity index (χ0v) is 7.63. The van der Waals surface area contributed by atoms with Gasteiger partial charge in [0.2, 0.25) is 0 Å². The summed E-state index contributed by atoms with van der Waals surface area (Å²) in [5.41, 5.74) is 0.0184. The number of rotatable bonds is 0. The molecule has 0 fully saturated rings. The second-order valence-corrected chi connectivity index (χ2v) is 4.35. The zero-order valence-electron chi connectivity index (χ0n) is 6.81. The van der Waals surface area contributed by atoms with Crippen molar-refractivity contribution in [2.24, 2.45) is 0 Å². The smallest absolute Gasteiger partial charge is 0.266 e. The van der Waals surface area contributed by atoms with Gasteiger partial charge in [-0.3, -0.25) is 4.79 Å². The molecule has 0 unspecified atom stereocenters. The van der Waals surface area contributed by atoms with Crippen molar-refractivity contribution in [1.29, 1.82) is 5.26 Å². The number of hydrogen-bond donors (Lipinski definition) is 1. The molecule has 1 aromatic rings. The molecule has 0 radical (unpaired) electrons. The first-order chi connectivity index (χ1) is 6.56. The molecule has 5 nitrogen and oxygen atoms in total. The fourth-order valence-electron chi connectivity index (χ4n) is 1.32. The van der Waals surface area contributed by atoms with Gasteiger partial charge in [0, 0.05) is 0 Å². The van der Waals surface area contributed by atoms with Gasteiger partial charge in [0.05, 0.1) is 11.1 Å². The monoisotopic (exact) mass is 208 g/mol. The van der Waals surface area contributed by atoms with Crippen LogP contribution in [0.25, 0.3) is 0 Å². The molecule has 0 spiro atoms. The Hall–Kier alpha value is -1.87. The summed E-state index contributed by atoms with van der Waals surface area (Å²) in [7, 11) is -3.82. The number of benzene rings is 1. The van der Waals surface area contributed by atoms with E-state index in [0.717, 1.165) is 0 Å². The van der Waals surface area contributed by atoms with Crippen LogP contribution >= 0.6 is 0 Å². The van der Waals surface area contributed by atoms with Crippen LogP contribution in [0.15, 0.2) is 23.1 Å². The van der Waals surface area contributed by atoms with Crippen molar-refractivity contribution in [3.05, 3.63) is 29.3 Å². The van der Waals surface area contributed by atoms with Crippen molar-refractivity contribution in [2.75, 3.05) is 0 Å². The second kappa shape index (κ2) is 2.56. The molecule has 1 aromatic carbocycles. The summed E-state index contributed by atoms with van der Waals surface area (Å²) >= 11 is 0. The van der Waals surface area contributed by atoms with E-state index in [1.807, 2.05) is 4.72 Å². The summed E-state index contributed by atoms with van der Waals surface area (Å²) in [4.78, 5) is 10.9. The summed E-state index contributed by atoms with van der Waals surface area (Å²) < 4.78 is 24.5. The largest absolute Gasteiger partial charge is 0.268 e. The molecule has 1 aliphatic heterocycles.